The van der Waals surface area contributed by atoms with Crippen LogP contribution in [0.5, 0.6) is 0 Å². The van der Waals surface area contributed by atoms with Crippen molar-refractivity contribution in [1.29, 1.82) is 0 Å². The summed E-state index contributed by atoms with van der Waals surface area (Å²) in [5.74, 6) is 2.12. The molecule has 0 saturated carbocycles. The van der Waals surface area contributed by atoms with E-state index in [1.807, 2.05) is 0 Å². The zero-order valence-electron chi connectivity index (χ0n) is 12.9. The first-order chi connectivity index (χ1) is 9.72. The van der Waals surface area contributed by atoms with Crippen molar-refractivity contribution in [2.24, 2.45) is 0 Å². The van der Waals surface area contributed by atoms with Crippen LogP contribution in [0.1, 0.15) is 36.1 Å². The third kappa shape index (κ3) is 3.90. The fraction of sp³-hybridized carbons (Fsp3) is 0.444. The summed E-state index contributed by atoms with van der Waals surface area (Å²) in [6, 6.07) is 10.7. The summed E-state index contributed by atoms with van der Waals surface area (Å²) in [5.41, 5.74) is 3.72. The smallest absolute Gasteiger partial charge is 0.134 e. The van der Waals surface area contributed by atoms with Crippen LogP contribution in [-0.2, 0) is 6.54 Å². The van der Waals surface area contributed by atoms with Crippen molar-refractivity contribution in [3.05, 3.63) is 47.2 Å². The number of rotatable bonds is 3. The summed E-state index contributed by atoms with van der Waals surface area (Å²) in [7, 11) is 0. The number of nitrogens with zero attached hydrogens (tertiary/aromatic N) is 1. The number of hydrogen-bond acceptors (Lipinski definition) is 2. The predicted molar refractivity (Wildman–Crippen MR) is 90.0 cm³/mol. The molecule has 3 heteroatoms. The van der Waals surface area contributed by atoms with Gasteiger partial charge in [-0.05, 0) is 51.4 Å². The van der Waals surface area contributed by atoms with E-state index in [0.29, 0.717) is 0 Å². The van der Waals surface area contributed by atoms with E-state index in [4.69, 9.17) is 4.42 Å². The monoisotopic (exact) mass is 305 g/mol. The Labute approximate surface area is 133 Å². The third-order valence-corrected chi connectivity index (χ3v) is 4.17. The molecule has 0 amide bonds. The Morgan fingerprint density at radius 3 is 2.33 bits per heavy atom. The van der Waals surface area contributed by atoms with Crippen molar-refractivity contribution >= 4 is 12.4 Å². The van der Waals surface area contributed by atoms with Gasteiger partial charge in [-0.3, -0.25) is 4.90 Å². The standard InChI is InChI=1S/C18H23NO.ClH/c1-14-6-8-16(9-7-14)17-12-15(2)18(20-17)13-19-10-4-3-5-11-19;/h6-9,12H,3-5,10-11,13H2,1-2H3;1H. The molecule has 21 heavy (non-hydrogen) atoms. The molecule has 2 heterocycles. The van der Waals surface area contributed by atoms with Crippen molar-refractivity contribution in [1.82, 2.24) is 4.90 Å². The van der Waals surface area contributed by atoms with Crippen molar-refractivity contribution in [3.63, 3.8) is 0 Å². The average molecular weight is 306 g/mol. The highest BCUT2D eigenvalue weighted by Crippen LogP contribution is 2.27. The van der Waals surface area contributed by atoms with Crippen LogP contribution in [0, 0.1) is 13.8 Å². The number of likely N-dealkylation sites (tertiary alicyclic amines) is 1. The second-order valence-electron chi connectivity index (χ2n) is 5.92. The molecule has 0 aliphatic carbocycles. The molecule has 114 valence electrons. The first kappa shape index (κ1) is 16.1. The van der Waals surface area contributed by atoms with E-state index in [0.717, 1.165) is 18.1 Å². The summed E-state index contributed by atoms with van der Waals surface area (Å²) in [4.78, 5) is 2.51. The van der Waals surface area contributed by atoms with Gasteiger partial charge < -0.3 is 4.42 Å². The Kier molecular flexibility index (Phi) is 5.49. The summed E-state index contributed by atoms with van der Waals surface area (Å²) < 4.78 is 6.10. The SMILES string of the molecule is Cc1ccc(-c2cc(C)c(CN3CCCCC3)o2)cc1.Cl. The molecule has 3 rings (SSSR count). The number of halogens is 1. The Balaban J connectivity index is 0.00000161. The van der Waals surface area contributed by atoms with E-state index < -0.39 is 0 Å². The van der Waals surface area contributed by atoms with Crippen LogP contribution < -0.4 is 0 Å². The molecule has 2 nitrogen and oxygen atoms in total. The van der Waals surface area contributed by atoms with Crippen molar-refractivity contribution in [2.45, 2.75) is 39.7 Å². The van der Waals surface area contributed by atoms with Gasteiger partial charge in [-0.1, -0.05) is 36.2 Å². The minimum Gasteiger partial charge on any atom is -0.459 e. The molecular weight excluding hydrogens is 282 g/mol. The van der Waals surface area contributed by atoms with Crippen LogP contribution in [0.3, 0.4) is 0 Å². The molecule has 1 fully saturated rings. The Morgan fingerprint density at radius 1 is 1.00 bits per heavy atom. The zero-order valence-corrected chi connectivity index (χ0v) is 13.7. The molecule has 2 aromatic rings. The minimum absolute atomic E-state index is 0. The molecule has 1 aromatic heterocycles. The lowest BCUT2D eigenvalue weighted by molar-refractivity contribution is 0.205. The number of aryl methyl sites for hydroxylation is 2. The lowest BCUT2D eigenvalue weighted by Gasteiger charge is -2.25. The van der Waals surface area contributed by atoms with Gasteiger partial charge >= 0.3 is 0 Å². The quantitative estimate of drug-likeness (QED) is 0.796. The van der Waals surface area contributed by atoms with Crippen LogP contribution in [0.15, 0.2) is 34.7 Å². The number of hydrogen-bond donors (Lipinski definition) is 0. The molecule has 0 bridgehead atoms. The summed E-state index contributed by atoms with van der Waals surface area (Å²) in [6.45, 7) is 7.64. The normalized spacial score (nSPS) is 15.7. The highest BCUT2D eigenvalue weighted by molar-refractivity contribution is 5.85. The maximum Gasteiger partial charge on any atom is 0.134 e. The van der Waals surface area contributed by atoms with Crippen molar-refractivity contribution in [3.8, 4) is 11.3 Å². The fourth-order valence-corrected chi connectivity index (χ4v) is 2.86. The van der Waals surface area contributed by atoms with E-state index in [9.17, 15) is 0 Å². The van der Waals surface area contributed by atoms with Gasteiger partial charge in [0, 0.05) is 5.56 Å². The average Bonchev–Trinajstić information content (AvgIpc) is 2.82. The van der Waals surface area contributed by atoms with Gasteiger partial charge in [0.2, 0.25) is 0 Å². The Morgan fingerprint density at radius 2 is 1.67 bits per heavy atom. The summed E-state index contributed by atoms with van der Waals surface area (Å²) in [5, 5.41) is 0. The predicted octanol–water partition coefficient (Wildman–Crippen LogP) is 4.97. The zero-order chi connectivity index (χ0) is 13.9. The molecule has 1 aliphatic heterocycles. The molecule has 0 radical (unpaired) electrons. The number of furan rings is 1. The largest absolute Gasteiger partial charge is 0.459 e. The lowest BCUT2D eigenvalue weighted by atomic mass is 10.1. The fourth-order valence-electron chi connectivity index (χ4n) is 2.86. The minimum atomic E-state index is 0. The van der Waals surface area contributed by atoms with Gasteiger partial charge in [0.05, 0.1) is 6.54 Å². The van der Waals surface area contributed by atoms with Crippen molar-refractivity contribution < 1.29 is 4.42 Å². The van der Waals surface area contributed by atoms with Crippen LogP contribution in [0.25, 0.3) is 11.3 Å². The first-order valence-corrected chi connectivity index (χ1v) is 7.61. The molecule has 1 aliphatic rings. The van der Waals surface area contributed by atoms with Gasteiger partial charge in [0.1, 0.15) is 11.5 Å². The van der Waals surface area contributed by atoms with Crippen LogP contribution in [0.2, 0.25) is 0 Å². The highest BCUT2D eigenvalue weighted by Gasteiger charge is 2.15. The molecule has 1 saturated heterocycles. The van der Waals surface area contributed by atoms with Crippen LogP contribution in [-0.4, -0.2) is 18.0 Å². The maximum absolute atomic E-state index is 6.10. The van der Waals surface area contributed by atoms with E-state index >= 15 is 0 Å². The number of piperidine rings is 1. The maximum atomic E-state index is 6.10. The molecule has 0 N–H and O–H groups in total. The molecular formula is C18H24ClNO. The van der Waals surface area contributed by atoms with Crippen molar-refractivity contribution in [2.75, 3.05) is 13.1 Å². The molecule has 1 aromatic carbocycles. The molecule has 0 atom stereocenters. The Hall–Kier alpha value is -1.25. The van der Waals surface area contributed by atoms with Gasteiger partial charge in [0.25, 0.3) is 0 Å². The van der Waals surface area contributed by atoms with E-state index in [-0.39, 0.29) is 12.4 Å². The van der Waals surface area contributed by atoms with Gasteiger partial charge in [-0.25, -0.2) is 0 Å². The van der Waals surface area contributed by atoms with E-state index in [1.165, 1.54) is 49.0 Å². The molecule has 0 unspecified atom stereocenters. The first-order valence-electron chi connectivity index (χ1n) is 7.61. The molecule has 0 spiro atoms. The third-order valence-electron chi connectivity index (χ3n) is 4.17. The number of benzene rings is 1. The lowest BCUT2D eigenvalue weighted by Crippen LogP contribution is -2.29. The second kappa shape index (κ2) is 7.15. The second-order valence-corrected chi connectivity index (χ2v) is 5.92. The van der Waals surface area contributed by atoms with Gasteiger partial charge in [-0.15, -0.1) is 12.4 Å². The van der Waals surface area contributed by atoms with E-state index in [1.54, 1.807) is 0 Å². The van der Waals surface area contributed by atoms with Crippen LogP contribution in [0.4, 0.5) is 0 Å². The van der Waals surface area contributed by atoms with E-state index in [2.05, 4.69) is 49.1 Å². The summed E-state index contributed by atoms with van der Waals surface area (Å²) >= 11 is 0. The van der Waals surface area contributed by atoms with Gasteiger partial charge in [-0.2, -0.15) is 0 Å². The Bertz CT molecular complexity index is 567. The topological polar surface area (TPSA) is 16.4 Å². The summed E-state index contributed by atoms with van der Waals surface area (Å²) in [6.07, 6.45) is 4.03. The highest BCUT2D eigenvalue weighted by atomic mass is 35.5. The van der Waals surface area contributed by atoms with Gasteiger partial charge in [0.15, 0.2) is 0 Å². The van der Waals surface area contributed by atoms with Crippen LogP contribution >= 0.6 is 12.4 Å².